The molecule has 1 aromatic rings. The van der Waals surface area contributed by atoms with Crippen LogP contribution in [0.3, 0.4) is 0 Å². The van der Waals surface area contributed by atoms with E-state index in [0.717, 1.165) is 0 Å². The fourth-order valence-electron chi connectivity index (χ4n) is 1.73. The fourth-order valence-corrected chi connectivity index (χ4v) is 1.73. The quantitative estimate of drug-likeness (QED) is 0.581. The molecule has 83 valence electrons. The Kier molecular flexibility index (Phi) is 5.45. The van der Waals surface area contributed by atoms with E-state index in [2.05, 4.69) is 45.4 Å². The van der Waals surface area contributed by atoms with Crippen molar-refractivity contribution in [1.82, 2.24) is 0 Å². The molecule has 0 amide bonds. The van der Waals surface area contributed by atoms with Crippen molar-refractivity contribution in [1.29, 1.82) is 0 Å². The summed E-state index contributed by atoms with van der Waals surface area (Å²) in [5.74, 6) is 0. The van der Waals surface area contributed by atoms with Crippen molar-refractivity contribution >= 4 is 0 Å². The maximum absolute atomic E-state index is 2.36. The maximum Gasteiger partial charge on any atom is -0.00930 e. The smallest absolute Gasteiger partial charge is 0.00930 e. The van der Waals surface area contributed by atoms with E-state index in [0.29, 0.717) is 0 Å². The number of aryl methyl sites for hydroxylation is 2. The molecule has 1 radical (unpaired) electrons. The first-order valence-corrected chi connectivity index (χ1v) is 6.14. The Balaban J connectivity index is 2.28. The summed E-state index contributed by atoms with van der Waals surface area (Å²) >= 11 is 0. The van der Waals surface area contributed by atoms with Crippen LogP contribution in [0, 0.1) is 20.3 Å². The molecule has 0 saturated heterocycles. The van der Waals surface area contributed by atoms with Crippen molar-refractivity contribution in [2.45, 2.75) is 52.9 Å². The predicted molar refractivity (Wildman–Crippen MR) is 68.1 cm³/mol. The number of unbranched alkanes of at least 4 members (excludes halogenated alkanes) is 4. The van der Waals surface area contributed by atoms with Crippen molar-refractivity contribution in [2.24, 2.45) is 0 Å². The van der Waals surface area contributed by atoms with Gasteiger partial charge in [-0.25, -0.2) is 0 Å². The van der Waals surface area contributed by atoms with Gasteiger partial charge in [0.2, 0.25) is 0 Å². The molecule has 0 N–H and O–H groups in total. The molecule has 0 aliphatic carbocycles. The van der Waals surface area contributed by atoms with Gasteiger partial charge in [0, 0.05) is 0 Å². The Labute approximate surface area is 94.7 Å². The summed E-state index contributed by atoms with van der Waals surface area (Å²) in [6.45, 7) is 6.61. The van der Waals surface area contributed by atoms with Crippen molar-refractivity contribution in [3.05, 3.63) is 41.3 Å². The highest BCUT2D eigenvalue weighted by atomic mass is 14.0. The Bertz CT molecular complexity index is 286. The van der Waals surface area contributed by atoms with E-state index in [-0.39, 0.29) is 0 Å². The molecule has 0 saturated carbocycles. The average molecular weight is 203 g/mol. The monoisotopic (exact) mass is 203 g/mol. The molecule has 0 atom stereocenters. The molecule has 0 heteroatoms. The van der Waals surface area contributed by atoms with Gasteiger partial charge in [0.1, 0.15) is 0 Å². The lowest BCUT2D eigenvalue weighted by atomic mass is 10.0. The average Bonchev–Trinajstić information content (AvgIpc) is 2.23. The first-order valence-electron chi connectivity index (χ1n) is 6.14. The van der Waals surface area contributed by atoms with Gasteiger partial charge in [0.25, 0.3) is 0 Å². The van der Waals surface area contributed by atoms with Crippen molar-refractivity contribution in [3.8, 4) is 0 Å². The second-order valence-electron chi connectivity index (χ2n) is 4.40. The molecule has 0 nitrogen and oxygen atoms in total. The molecule has 0 aromatic heterocycles. The van der Waals surface area contributed by atoms with E-state index in [9.17, 15) is 0 Å². The fraction of sp³-hybridized carbons (Fsp3) is 0.533. The lowest BCUT2D eigenvalue weighted by molar-refractivity contribution is 0.665. The minimum absolute atomic E-state index is 1.22. The Hall–Kier alpha value is -0.780. The van der Waals surface area contributed by atoms with Gasteiger partial charge < -0.3 is 0 Å². The molecule has 0 heterocycles. The third-order valence-corrected chi connectivity index (χ3v) is 2.97. The normalized spacial score (nSPS) is 10.6. The third-order valence-electron chi connectivity index (χ3n) is 2.97. The molecule has 0 aliphatic heterocycles. The van der Waals surface area contributed by atoms with Gasteiger partial charge in [-0.2, -0.15) is 0 Å². The largest absolute Gasteiger partial charge is 0.0654 e. The van der Waals surface area contributed by atoms with Crippen LogP contribution >= 0.6 is 0 Å². The summed E-state index contributed by atoms with van der Waals surface area (Å²) in [4.78, 5) is 0. The van der Waals surface area contributed by atoms with Crippen LogP contribution in [-0.2, 0) is 0 Å². The van der Waals surface area contributed by atoms with Crippen molar-refractivity contribution < 1.29 is 0 Å². The van der Waals surface area contributed by atoms with Crippen LogP contribution in [0.25, 0.3) is 0 Å². The minimum atomic E-state index is 1.22. The summed E-state index contributed by atoms with van der Waals surface area (Å²) in [5, 5.41) is 0. The second-order valence-corrected chi connectivity index (χ2v) is 4.40. The molecule has 1 aromatic carbocycles. The zero-order chi connectivity index (χ0) is 11.1. The Morgan fingerprint density at radius 2 is 1.80 bits per heavy atom. The molecule has 0 bridgehead atoms. The molecule has 0 aliphatic rings. The highest BCUT2D eigenvalue weighted by Gasteiger charge is 1.97. The van der Waals surface area contributed by atoms with Crippen molar-refractivity contribution in [2.75, 3.05) is 0 Å². The SMILES string of the molecule is CCCCCC[CH]c1ccc(C)c(C)c1. The van der Waals surface area contributed by atoms with Gasteiger partial charge in [-0.3, -0.25) is 0 Å². The molecule has 0 fully saturated rings. The maximum atomic E-state index is 2.36. The summed E-state index contributed by atoms with van der Waals surface area (Å²) < 4.78 is 0. The van der Waals surface area contributed by atoms with Gasteiger partial charge in [-0.15, -0.1) is 0 Å². The predicted octanol–water partition coefficient (Wildman–Crippen LogP) is 4.83. The van der Waals surface area contributed by atoms with Gasteiger partial charge in [0.15, 0.2) is 0 Å². The van der Waals surface area contributed by atoms with Gasteiger partial charge in [0.05, 0.1) is 0 Å². The summed E-state index contributed by atoms with van der Waals surface area (Å²) in [5.41, 5.74) is 4.17. The number of hydrogen-bond donors (Lipinski definition) is 0. The van der Waals surface area contributed by atoms with E-state index in [1.807, 2.05) is 0 Å². The van der Waals surface area contributed by atoms with Gasteiger partial charge in [-0.05, 0) is 43.4 Å². The van der Waals surface area contributed by atoms with E-state index in [1.165, 1.54) is 48.8 Å². The summed E-state index contributed by atoms with van der Waals surface area (Å²) in [7, 11) is 0. The number of rotatable bonds is 6. The van der Waals surface area contributed by atoms with Crippen LogP contribution in [0.1, 0.15) is 55.7 Å². The second kappa shape index (κ2) is 6.66. The zero-order valence-electron chi connectivity index (χ0n) is 10.3. The third kappa shape index (κ3) is 4.51. The van der Waals surface area contributed by atoms with E-state index in [1.54, 1.807) is 0 Å². The minimum Gasteiger partial charge on any atom is -0.0654 e. The molecular weight excluding hydrogens is 180 g/mol. The van der Waals surface area contributed by atoms with Crippen LogP contribution in [0.15, 0.2) is 18.2 Å². The topological polar surface area (TPSA) is 0 Å². The van der Waals surface area contributed by atoms with E-state index < -0.39 is 0 Å². The Morgan fingerprint density at radius 1 is 1.00 bits per heavy atom. The van der Waals surface area contributed by atoms with Crippen LogP contribution < -0.4 is 0 Å². The molecule has 15 heavy (non-hydrogen) atoms. The van der Waals surface area contributed by atoms with Crippen LogP contribution in [0.2, 0.25) is 0 Å². The zero-order valence-corrected chi connectivity index (χ0v) is 10.3. The van der Waals surface area contributed by atoms with Gasteiger partial charge >= 0.3 is 0 Å². The summed E-state index contributed by atoms with van der Waals surface area (Å²) in [6.07, 6.45) is 8.99. The molecule has 0 unspecified atom stereocenters. The summed E-state index contributed by atoms with van der Waals surface area (Å²) in [6, 6.07) is 6.73. The van der Waals surface area contributed by atoms with Crippen molar-refractivity contribution in [3.63, 3.8) is 0 Å². The Morgan fingerprint density at radius 3 is 2.47 bits per heavy atom. The number of hydrogen-bond acceptors (Lipinski definition) is 0. The van der Waals surface area contributed by atoms with E-state index >= 15 is 0 Å². The molecular formula is C15H23. The lowest BCUT2D eigenvalue weighted by Gasteiger charge is -2.04. The standard InChI is InChI=1S/C15H23/c1-4-5-6-7-8-9-15-11-10-13(2)14(3)12-15/h9-12H,4-8H2,1-3H3. The highest BCUT2D eigenvalue weighted by molar-refractivity contribution is 5.33. The molecule has 1 rings (SSSR count). The van der Waals surface area contributed by atoms with Gasteiger partial charge in [-0.1, -0.05) is 50.8 Å². The molecule has 0 spiro atoms. The van der Waals surface area contributed by atoms with Crippen LogP contribution in [0.4, 0.5) is 0 Å². The lowest BCUT2D eigenvalue weighted by Crippen LogP contribution is -1.87. The van der Waals surface area contributed by atoms with Crippen LogP contribution in [-0.4, -0.2) is 0 Å². The highest BCUT2D eigenvalue weighted by Crippen LogP contribution is 2.14. The first-order chi connectivity index (χ1) is 7.24. The first kappa shape index (κ1) is 12.3. The van der Waals surface area contributed by atoms with Crippen LogP contribution in [0.5, 0.6) is 0 Å². The number of benzene rings is 1. The van der Waals surface area contributed by atoms with E-state index in [4.69, 9.17) is 0 Å².